The van der Waals surface area contributed by atoms with E-state index in [4.69, 9.17) is 23.2 Å². The highest BCUT2D eigenvalue weighted by Crippen LogP contribution is 2.24. The molecule has 1 unspecified atom stereocenters. The van der Waals surface area contributed by atoms with Gasteiger partial charge in [0.2, 0.25) is 5.91 Å². The summed E-state index contributed by atoms with van der Waals surface area (Å²) in [5.74, 6) is -0.209. The van der Waals surface area contributed by atoms with E-state index in [1.54, 1.807) is 25.1 Å². The maximum absolute atomic E-state index is 12.2. The first-order valence-corrected chi connectivity index (χ1v) is 7.89. The highest BCUT2D eigenvalue weighted by molar-refractivity contribution is 6.36. The van der Waals surface area contributed by atoms with E-state index in [1.807, 2.05) is 13.8 Å². The number of hydrogen-bond acceptors (Lipinski definition) is 3. The van der Waals surface area contributed by atoms with Crippen LogP contribution in [0, 0.1) is 5.92 Å². The minimum atomic E-state index is -0.592. The van der Waals surface area contributed by atoms with Crippen LogP contribution < -0.4 is 16.2 Å². The van der Waals surface area contributed by atoms with Crippen molar-refractivity contribution in [1.82, 2.24) is 10.7 Å². The lowest BCUT2D eigenvalue weighted by Gasteiger charge is -2.20. The summed E-state index contributed by atoms with van der Waals surface area (Å²) >= 11 is 11.8. The molecule has 0 saturated heterocycles. The number of benzene rings is 1. The van der Waals surface area contributed by atoms with Gasteiger partial charge in [0, 0.05) is 11.4 Å². The van der Waals surface area contributed by atoms with Crippen molar-refractivity contribution in [1.29, 1.82) is 0 Å². The quantitative estimate of drug-likeness (QED) is 0.663. The van der Waals surface area contributed by atoms with Gasteiger partial charge >= 0.3 is 0 Å². The van der Waals surface area contributed by atoms with Crippen LogP contribution >= 0.6 is 23.2 Å². The Bertz CT molecular complexity index is 536. The normalized spacial score (nSPS) is 11.9. The number of carbonyl (C=O) groups is 2. The fraction of sp³-hybridized carbons (Fsp3) is 0.467. The maximum atomic E-state index is 12.2. The number of anilines is 1. The van der Waals surface area contributed by atoms with Crippen LogP contribution in [0.15, 0.2) is 18.2 Å². The Morgan fingerprint density at radius 3 is 2.45 bits per heavy atom. The molecule has 0 aliphatic rings. The van der Waals surface area contributed by atoms with Crippen molar-refractivity contribution in [2.24, 2.45) is 5.92 Å². The molecular formula is C15H21Cl2N3O2. The van der Waals surface area contributed by atoms with Crippen LogP contribution in [0.5, 0.6) is 0 Å². The van der Waals surface area contributed by atoms with E-state index in [-0.39, 0.29) is 17.7 Å². The lowest BCUT2D eigenvalue weighted by molar-refractivity contribution is -0.128. The lowest BCUT2D eigenvalue weighted by Crippen LogP contribution is -2.48. The number of hydrazine groups is 1. The van der Waals surface area contributed by atoms with Gasteiger partial charge in [-0.2, -0.15) is 0 Å². The van der Waals surface area contributed by atoms with Crippen molar-refractivity contribution in [2.45, 2.75) is 39.7 Å². The van der Waals surface area contributed by atoms with E-state index in [9.17, 15) is 9.59 Å². The van der Waals surface area contributed by atoms with Crippen LogP contribution in [0.3, 0.4) is 0 Å². The van der Waals surface area contributed by atoms with Gasteiger partial charge in [-0.3, -0.25) is 20.4 Å². The van der Waals surface area contributed by atoms with E-state index in [2.05, 4.69) is 16.2 Å². The zero-order valence-electron chi connectivity index (χ0n) is 12.9. The first-order chi connectivity index (χ1) is 10.3. The molecule has 0 bridgehead atoms. The smallest absolute Gasteiger partial charge is 0.260 e. The second kappa shape index (κ2) is 8.86. The molecule has 5 nitrogen and oxygen atoms in total. The summed E-state index contributed by atoms with van der Waals surface area (Å²) in [4.78, 5) is 23.8. The number of halogens is 2. The summed E-state index contributed by atoms with van der Waals surface area (Å²) in [5, 5.41) is 3.62. The third-order valence-corrected chi connectivity index (χ3v) is 3.48. The Kier molecular flexibility index (Phi) is 7.48. The predicted octanol–water partition coefficient (Wildman–Crippen LogP) is 3.38. The van der Waals surface area contributed by atoms with Crippen molar-refractivity contribution in [3.05, 3.63) is 28.2 Å². The summed E-state index contributed by atoms with van der Waals surface area (Å²) in [5.41, 5.74) is 5.84. The lowest BCUT2D eigenvalue weighted by atomic mass is 10.0. The third kappa shape index (κ3) is 6.12. The summed E-state index contributed by atoms with van der Waals surface area (Å²) in [6, 6.07) is 4.30. The van der Waals surface area contributed by atoms with E-state index in [0.29, 0.717) is 28.6 Å². The molecule has 1 aromatic rings. The van der Waals surface area contributed by atoms with Gasteiger partial charge < -0.3 is 5.32 Å². The van der Waals surface area contributed by atoms with Crippen LogP contribution in [0.25, 0.3) is 0 Å². The average Bonchev–Trinajstić information content (AvgIpc) is 2.44. The molecule has 0 radical (unpaired) electrons. The topological polar surface area (TPSA) is 70.2 Å². The molecule has 0 saturated carbocycles. The Balaban J connectivity index is 2.67. The second-order valence-electron chi connectivity index (χ2n) is 5.34. The molecule has 1 aromatic carbocycles. The van der Waals surface area contributed by atoms with Gasteiger partial charge in [0.05, 0.1) is 10.7 Å². The van der Waals surface area contributed by atoms with E-state index in [0.717, 1.165) is 0 Å². The first kappa shape index (κ1) is 18.6. The molecule has 0 spiro atoms. The number of nitrogens with one attached hydrogen (secondary N) is 3. The Morgan fingerprint density at radius 2 is 1.91 bits per heavy atom. The fourth-order valence-corrected chi connectivity index (χ4v) is 2.26. The molecular weight excluding hydrogens is 325 g/mol. The van der Waals surface area contributed by atoms with Crippen molar-refractivity contribution in [3.8, 4) is 0 Å². The molecule has 0 heterocycles. The van der Waals surface area contributed by atoms with Gasteiger partial charge in [-0.05, 0) is 30.5 Å². The van der Waals surface area contributed by atoms with Crippen LogP contribution in [0.1, 0.15) is 33.6 Å². The summed E-state index contributed by atoms with van der Waals surface area (Å²) in [6.07, 6.45) is 0.881. The van der Waals surface area contributed by atoms with Gasteiger partial charge in [0.25, 0.3) is 5.91 Å². The van der Waals surface area contributed by atoms with Crippen molar-refractivity contribution in [2.75, 3.05) is 5.43 Å². The zero-order valence-corrected chi connectivity index (χ0v) is 14.4. The van der Waals surface area contributed by atoms with Crippen molar-refractivity contribution in [3.63, 3.8) is 0 Å². The number of amides is 2. The molecule has 0 aliphatic heterocycles. The van der Waals surface area contributed by atoms with Crippen molar-refractivity contribution < 1.29 is 9.59 Å². The average molecular weight is 346 g/mol. The largest absolute Gasteiger partial charge is 0.344 e. The summed E-state index contributed by atoms with van der Waals surface area (Å²) in [7, 11) is 0. The highest BCUT2D eigenvalue weighted by Gasteiger charge is 2.21. The third-order valence-electron chi connectivity index (χ3n) is 2.93. The van der Waals surface area contributed by atoms with E-state index in [1.165, 1.54) is 0 Å². The molecule has 0 aromatic heterocycles. The monoisotopic (exact) mass is 345 g/mol. The molecule has 3 N–H and O–H groups in total. The molecule has 2 amide bonds. The van der Waals surface area contributed by atoms with Gasteiger partial charge in [-0.15, -0.1) is 0 Å². The standard InChI is InChI=1S/C15H21Cl2N3O2/c1-4-14(21)18-13(7-9(2)3)15(22)20-19-12-6-5-10(16)8-11(12)17/h5-6,8-9,13,19H,4,7H2,1-3H3,(H,18,21)(H,20,22). The van der Waals surface area contributed by atoms with Gasteiger partial charge in [-0.1, -0.05) is 44.0 Å². The van der Waals surface area contributed by atoms with Crippen LogP contribution in [0.4, 0.5) is 5.69 Å². The Labute approximate surface area is 140 Å². The van der Waals surface area contributed by atoms with Crippen LogP contribution in [-0.2, 0) is 9.59 Å². The number of hydrogen-bond donors (Lipinski definition) is 3. The second-order valence-corrected chi connectivity index (χ2v) is 6.19. The first-order valence-electron chi connectivity index (χ1n) is 7.13. The Hall–Kier alpha value is -1.46. The number of rotatable bonds is 7. The molecule has 1 rings (SSSR count). The minimum absolute atomic E-state index is 0.162. The van der Waals surface area contributed by atoms with Crippen LogP contribution in [0.2, 0.25) is 10.0 Å². The Morgan fingerprint density at radius 1 is 1.23 bits per heavy atom. The molecule has 122 valence electrons. The zero-order chi connectivity index (χ0) is 16.7. The van der Waals surface area contributed by atoms with Gasteiger partial charge in [-0.25, -0.2) is 0 Å². The number of carbonyl (C=O) groups excluding carboxylic acids is 2. The SMILES string of the molecule is CCC(=O)NC(CC(C)C)C(=O)NNc1ccc(Cl)cc1Cl. The molecule has 22 heavy (non-hydrogen) atoms. The minimum Gasteiger partial charge on any atom is -0.344 e. The van der Waals surface area contributed by atoms with E-state index >= 15 is 0 Å². The van der Waals surface area contributed by atoms with Crippen molar-refractivity contribution >= 4 is 40.7 Å². The molecule has 0 aliphatic carbocycles. The summed E-state index contributed by atoms with van der Waals surface area (Å²) in [6.45, 7) is 5.72. The highest BCUT2D eigenvalue weighted by atomic mass is 35.5. The van der Waals surface area contributed by atoms with Crippen LogP contribution in [-0.4, -0.2) is 17.9 Å². The van der Waals surface area contributed by atoms with Gasteiger partial charge in [0.1, 0.15) is 6.04 Å². The van der Waals surface area contributed by atoms with Gasteiger partial charge in [0.15, 0.2) is 0 Å². The molecule has 1 atom stereocenters. The fourth-order valence-electron chi connectivity index (χ4n) is 1.81. The maximum Gasteiger partial charge on any atom is 0.260 e. The molecule has 7 heteroatoms. The predicted molar refractivity (Wildman–Crippen MR) is 89.9 cm³/mol. The summed E-state index contributed by atoms with van der Waals surface area (Å²) < 4.78 is 0. The van der Waals surface area contributed by atoms with E-state index < -0.39 is 6.04 Å². The molecule has 0 fully saturated rings.